The van der Waals surface area contributed by atoms with Crippen molar-refractivity contribution in [2.24, 2.45) is 0 Å². The molecule has 0 aliphatic carbocycles. The standard InChI is InChI=1S/C20H13Cl3F3N3O2S/c1-10-19(32(30,31)13-5-3-12(21)4-6-13)18(11-2-7-14(22)15(23)8-11)29-17(27-10)9-16(28-29)20(24,25)26/h2-9,18,27H,1H3. The summed E-state index contributed by atoms with van der Waals surface area (Å²) in [7, 11) is -4.18. The number of anilines is 1. The minimum atomic E-state index is -4.72. The summed E-state index contributed by atoms with van der Waals surface area (Å²) in [6, 6.07) is 9.41. The summed E-state index contributed by atoms with van der Waals surface area (Å²) < 4.78 is 68.3. The van der Waals surface area contributed by atoms with E-state index < -0.39 is 27.7 Å². The first-order chi connectivity index (χ1) is 14.9. The van der Waals surface area contributed by atoms with Gasteiger partial charge in [-0.1, -0.05) is 40.9 Å². The van der Waals surface area contributed by atoms with Crippen molar-refractivity contribution in [3.8, 4) is 0 Å². The molecule has 0 amide bonds. The van der Waals surface area contributed by atoms with E-state index in [0.29, 0.717) is 10.6 Å². The van der Waals surface area contributed by atoms with Crippen LogP contribution in [0.1, 0.15) is 24.2 Å². The zero-order valence-electron chi connectivity index (χ0n) is 16.1. The molecule has 1 N–H and O–H groups in total. The number of aromatic nitrogens is 2. The van der Waals surface area contributed by atoms with Crippen LogP contribution in [-0.4, -0.2) is 18.2 Å². The van der Waals surface area contributed by atoms with Gasteiger partial charge in [-0.25, -0.2) is 13.1 Å². The van der Waals surface area contributed by atoms with E-state index in [1.165, 1.54) is 49.4 Å². The van der Waals surface area contributed by atoms with Crippen molar-refractivity contribution in [3.05, 3.63) is 85.5 Å². The van der Waals surface area contributed by atoms with Crippen molar-refractivity contribution in [3.63, 3.8) is 0 Å². The van der Waals surface area contributed by atoms with E-state index in [0.717, 1.165) is 10.7 Å². The Labute approximate surface area is 196 Å². The smallest absolute Gasteiger partial charge is 0.343 e. The highest BCUT2D eigenvalue weighted by atomic mass is 35.5. The fourth-order valence-corrected chi connectivity index (χ4v) is 5.62. The molecule has 3 aromatic rings. The van der Waals surface area contributed by atoms with Gasteiger partial charge in [-0.2, -0.15) is 18.3 Å². The lowest BCUT2D eigenvalue weighted by molar-refractivity contribution is -0.141. The van der Waals surface area contributed by atoms with Crippen molar-refractivity contribution in [2.75, 3.05) is 5.32 Å². The number of fused-ring (bicyclic) bond motifs is 1. The molecule has 0 radical (unpaired) electrons. The maximum atomic E-state index is 13.6. The third-order valence-electron chi connectivity index (χ3n) is 4.88. The van der Waals surface area contributed by atoms with E-state index in [1.807, 2.05) is 0 Å². The lowest BCUT2D eigenvalue weighted by atomic mass is 10.0. The van der Waals surface area contributed by atoms with Crippen LogP contribution in [-0.2, 0) is 16.0 Å². The molecule has 2 aromatic carbocycles. The largest absolute Gasteiger partial charge is 0.435 e. The molecule has 0 fully saturated rings. The van der Waals surface area contributed by atoms with Crippen LogP contribution < -0.4 is 5.32 Å². The van der Waals surface area contributed by atoms with E-state index >= 15 is 0 Å². The molecule has 1 aromatic heterocycles. The Morgan fingerprint density at radius 2 is 1.66 bits per heavy atom. The molecule has 0 saturated heterocycles. The molecule has 0 spiro atoms. The van der Waals surface area contributed by atoms with Gasteiger partial charge in [-0.15, -0.1) is 0 Å². The number of rotatable bonds is 3. The molecule has 1 aliphatic heterocycles. The molecule has 2 heterocycles. The Bertz CT molecular complexity index is 1350. The minimum Gasteiger partial charge on any atom is -0.343 e. The van der Waals surface area contributed by atoms with Gasteiger partial charge < -0.3 is 5.32 Å². The lowest BCUT2D eigenvalue weighted by Gasteiger charge is -2.30. The Morgan fingerprint density at radius 3 is 2.25 bits per heavy atom. The van der Waals surface area contributed by atoms with Crippen molar-refractivity contribution in [1.29, 1.82) is 0 Å². The molecule has 0 saturated carbocycles. The highest BCUT2D eigenvalue weighted by Crippen LogP contribution is 2.43. The first kappa shape index (κ1) is 23.0. The summed E-state index contributed by atoms with van der Waals surface area (Å²) in [5, 5.41) is 7.07. The second kappa shape index (κ2) is 7.98. The third-order valence-corrected chi connectivity index (χ3v) is 7.87. The van der Waals surface area contributed by atoms with Crippen molar-refractivity contribution < 1.29 is 21.6 Å². The van der Waals surface area contributed by atoms with Crippen LogP contribution in [0.5, 0.6) is 0 Å². The normalized spacial score (nSPS) is 16.7. The monoisotopic (exact) mass is 521 g/mol. The van der Waals surface area contributed by atoms with Crippen LogP contribution in [0.3, 0.4) is 0 Å². The molecule has 5 nitrogen and oxygen atoms in total. The molecule has 168 valence electrons. The van der Waals surface area contributed by atoms with Crippen LogP contribution in [0.2, 0.25) is 15.1 Å². The van der Waals surface area contributed by atoms with Crippen molar-refractivity contribution in [1.82, 2.24) is 9.78 Å². The molecule has 1 aliphatic rings. The molecular weight excluding hydrogens is 510 g/mol. The Hall–Kier alpha value is -2.20. The molecule has 1 atom stereocenters. The van der Waals surface area contributed by atoms with Crippen molar-refractivity contribution in [2.45, 2.75) is 24.0 Å². The third kappa shape index (κ3) is 3.98. The van der Waals surface area contributed by atoms with Crippen LogP contribution in [0, 0.1) is 0 Å². The van der Waals surface area contributed by atoms with Crippen molar-refractivity contribution >= 4 is 50.5 Å². The predicted octanol–water partition coefficient (Wildman–Crippen LogP) is 6.58. The van der Waals surface area contributed by atoms with E-state index in [2.05, 4.69) is 10.4 Å². The zero-order valence-corrected chi connectivity index (χ0v) is 19.2. The van der Waals surface area contributed by atoms with Gasteiger partial charge in [0.05, 0.1) is 19.8 Å². The first-order valence-corrected chi connectivity index (χ1v) is 11.6. The molecule has 1 unspecified atom stereocenters. The van der Waals surface area contributed by atoms with Gasteiger partial charge in [0.1, 0.15) is 11.9 Å². The number of allylic oxidation sites excluding steroid dienone is 2. The lowest BCUT2D eigenvalue weighted by Crippen LogP contribution is -2.28. The summed E-state index contributed by atoms with van der Waals surface area (Å²) >= 11 is 18.0. The van der Waals surface area contributed by atoms with Gasteiger partial charge in [-0.05, 0) is 48.9 Å². The van der Waals surface area contributed by atoms with Crippen LogP contribution in [0.15, 0.2) is 64.0 Å². The van der Waals surface area contributed by atoms with Gasteiger partial charge in [0.15, 0.2) is 5.69 Å². The Balaban J connectivity index is 1.97. The summed E-state index contributed by atoms with van der Waals surface area (Å²) in [5.74, 6) is -0.0130. The number of nitrogens with zero attached hydrogens (tertiary/aromatic N) is 2. The predicted molar refractivity (Wildman–Crippen MR) is 117 cm³/mol. The number of sulfone groups is 1. The molecular formula is C20H13Cl3F3N3O2S. The van der Waals surface area contributed by atoms with Crippen LogP contribution in [0.25, 0.3) is 0 Å². The van der Waals surface area contributed by atoms with Gasteiger partial charge >= 0.3 is 6.18 Å². The average Bonchev–Trinajstić information content (AvgIpc) is 3.13. The highest BCUT2D eigenvalue weighted by molar-refractivity contribution is 7.95. The van der Waals surface area contributed by atoms with E-state index in [4.69, 9.17) is 34.8 Å². The highest BCUT2D eigenvalue weighted by Gasteiger charge is 2.41. The number of hydrogen-bond donors (Lipinski definition) is 1. The van der Waals surface area contributed by atoms with Crippen LogP contribution in [0.4, 0.5) is 19.0 Å². The maximum absolute atomic E-state index is 13.6. The summed E-state index contributed by atoms with van der Waals surface area (Å²) in [5.41, 5.74) is -0.717. The maximum Gasteiger partial charge on any atom is 0.435 e. The van der Waals surface area contributed by atoms with E-state index in [-0.39, 0.29) is 31.4 Å². The Morgan fingerprint density at radius 1 is 1.00 bits per heavy atom. The average molecular weight is 523 g/mol. The number of alkyl halides is 3. The zero-order chi connectivity index (χ0) is 23.4. The molecule has 12 heteroatoms. The molecule has 32 heavy (non-hydrogen) atoms. The number of halogens is 6. The summed E-state index contributed by atoms with van der Waals surface area (Å²) in [6.45, 7) is 1.47. The molecule has 0 bridgehead atoms. The summed E-state index contributed by atoms with van der Waals surface area (Å²) in [4.78, 5) is -0.253. The van der Waals surface area contributed by atoms with Gasteiger partial charge in [0.25, 0.3) is 0 Å². The quantitative estimate of drug-likeness (QED) is 0.422. The SMILES string of the molecule is CC1=C(S(=O)(=O)c2ccc(Cl)cc2)C(c2ccc(Cl)c(Cl)c2)n2nc(C(F)(F)F)cc2N1. The number of benzene rings is 2. The van der Waals surface area contributed by atoms with Gasteiger partial charge in [0, 0.05) is 16.8 Å². The molecule has 4 rings (SSSR count). The first-order valence-electron chi connectivity index (χ1n) is 8.99. The van der Waals surface area contributed by atoms with Gasteiger partial charge in [-0.3, -0.25) is 0 Å². The topological polar surface area (TPSA) is 64.0 Å². The second-order valence-electron chi connectivity index (χ2n) is 7.00. The fraction of sp³-hybridized carbons (Fsp3) is 0.150. The van der Waals surface area contributed by atoms with Crippen LogP contribution >= 0.6 is 34.8 Å². The second-order valence-corrected chi connectivity index (χ2v) is 10.2. The minimum absolute atomic E-state index is 0.0130. The number of hydrogen-bond acceptors (Lipinski definition) is 4. The summed E-state index contributed by atoms with van der Waals surface area (Å²) in [6.07, 6.45) is -4.72. The van der Waals surface area contributed by atoms with Gasteiger partial charge in [0.2, 0.25) is 9.84 Å². The van der Waals surface area contributed by atoms with E-state index in [1.54, 1.807) is 0 Å². The Kier molecular flexibility index (Phi) is 5.73. The number of nitrogens with one attached hydrogen (secondary N) is 1. The van der Waals surface area contributed by atoms with E-state index in [9.17, 15) is 21.6 Å². The fourth-order valence-electron chi connectivity index (χ4n) is 3.46.